The van der Waals surface area contributed by atoms with Crippen LogP contribution in [0.1, 0.15) is 6.92 Å². The largest absolute Gasteiger partial charge is 0.489 e. The topological polar surface area (TPSA) is 42.0 Å². The quantitative estimate of drug-likeness (QED) is 0.796. The van der Waals surface area contributed by atoms with Gasteiger partial charge in [0.1, 0.15) is 6.61 Å². The number of hydrogen-bond donors (Lipinski definition) is 0. The Morgan fingerprint density at radius 2 is 2.27 bits per heavy atom. The zero-order chi connectivity index (χ0) is 15.9. The molecule has 0 bridgehead atoms. The third kappa shape index (κ3) is 4.96. The first-order valence-electron chi connectivity index (χ1n) is 7.51. The van der Waals surface area contributed by atoms with E-state index in [2.05, 4.69) is 4.90 Å². The molecule has 122 valence electrons. The average molecular weight is 310 g/mol. The molecule has 1 fully saturated rings. The highest BCUT2D eigenvalue weighted by molar-refractivity contribution is 5.78. The molecule has 0 aliphatic carbocycles. The second-order valence-corrected chi connectivity index (χ2v) is 5.51. The molecular weight excluding hydrogens is 287 g/mol. The third-order valence-corrected chi connectivity index (χ3v) is 3.63. The Hall–Kier alpha value is -1.66. The van der Waals surface area contributed by atoms with Crippen molar-refractivity contribution >= 4 is 5.91 Å². The molecule has 1 saturated heterocycles. The molecule has 2 rings (SSSR count). The predicted octanol–water partition coefficient (Wildman–Crippen LogP) is 1.38. The van der Waals surface area contributed by atoms with Crippen molar-refractivity contribution in [2.45, 2.75) is 13.0 Å². The fraction of sp³-hybridized carbons (Fsp3) is 0.562. The van der Waals surface area contributed by atoms with Crippen LogP contribution in [0.25, 0.3) is 0 Å². The van der Waals surface area contributed by atoms with Gasteiger partial charge in [-0.3, -0.25) is 9.69 Å². The number of morpholine rings is 1. The van der Waals surface area contributed by atoms with Crippen LogP contribution in [0.5, 0.6) is 5.75 Å². The van der Waals surface area contributed by atoms with Crippen molar-refractivity contribution in [2.75, 3.05) is 46.4 Å². The highest BCUT2D eigenvalue weighted by Crippen LogP contribution is 2.15. The van der Waals surface area contributed by atoms with Gasteiger partial charge in [-0.25, -0.2) is 4.39 Å². The number of nitrogens with zero attached hydrogens (tertiary/aromatic N) is 2. The lowest BCUT2D eigenvalue weighted by Crippen LogP contribution is -2.46. The van der Waals surface area contributed by atoms with Crippen LogP contribution in [0, 0.1) is 5.82 Å². The van der Waals surface area contributed by atoms with Crippen LogP contribution in [0.4, 0.5) is 4.39 Å². The van der Waals surface area contributed by atoms with Crippen molar-refractivity contribution in [1.29, 1.82) is 0 Å². The molecule has 1 aliphatic rings. The third-order valence-electron chi connectivity index (χ3n) is 3.63. The van der Waals surface area contributed by atoms with E-state index < -0.39 is 5.82 Å². The molecule has 1 heterocycles. The molecule has 0 aromatic heterocycles. The average Bonchev–Trinajstić information content (AvgIpc) is 2.49. The number of carbonyl (C=O) groups excluding carboxylic acids is 1. The Labute approximate surface area is 130 Å². The maximum atomic E-state index is 13.4. The first-order valence-corrected chi connectivity index (χ1v) is 7.51. The number of ether oxygens (including phenoxy) is 2. The summed E-state index contributed by atoms with van der Waals surface area (Å²) in [5, 5.41) is 0. The zero-order valence-electron chi connectivity index (χ0n) is 13.1. The van der Waals surface area contributed by atoms with Gasteiger partial charge in [-0.15, -0.1) is 0 Å². The van der Waals surface area contributed by atoms with Gasteiger partial charge in [-0.1, -0.05) is 12.1 Å². The van der Waals surface area contributed by atoms with Crippen molar-refractivity contribution in [3.63, 3.8) is 0 Å². The van der Waals surface area contributed by atoms with Gasteiger partial charge in [0.05, 0.1) is 25.8 Å². The number of para-hydroxylation sites is 1. The molecule has 5 nitrogen and oxygen atoms in total. The molecule has 1 aromatic carbocycles. The van der Waals surface area contributed by atoms with Crippen LogP contribution in [-0.4, -0.2) is 68.3 Å². The lowest BCUT2D eigenvalue weighted by Gasteiger charge is -2.31. The van der Waals surface area contributed by atoms with Crippen LogP contribution in [0.15, 0.2) is 24.3 Å². The second-order valence-electron chi connectivity index (χ2n) is 5.51. The number of halogens is 1. The van der Waals surface area contributed by atoms with Gasteiger partial charge in [-0.05, 0) is 19.1 Å². The first kappa shape index (κ1) is 16.7. The van der Waals surface area contributed by atoms with E-state index in [1.807, 2.05) is 6.92 Å². The summed E-state index contributed by atoms with van der Waals surface area (Å²) in [4.78, 5) is 15.8. The SMILES string of the molecule is CC1CN(CC(=O)N(C)CCOc2ccccc2F)CCO1. The Morgan fingerprint density at radius 1 is 1.50 bits per heavy atom. The van der Waals surface area contributed by atoms with Crippen molar-refractivity contribution in [2.24, 2.45) is 0 Å². The molecule has 0 saturated carbocycles. The minimum absolute atomic E-state index is 0.0335. The Balaban J connectivity index is 1.71. The number of rotatable bonds is 6. The summed E-state index contributed by atoms with van der Waals surface area (Å²) in [6.45, 7) is 5.28. The molecule has 22 heavy (non-hydrogen) atoms. The number of carbonyl (C=O) groups is 1. The number of likely N-dealkylation sites (N-methyl/N-ethyl adjacent to an activating group) is 1. The summed E-state index contributed by atoms with van der Waals surface area (Å²) >= 11 is 0. The molecule has 1 aliphatic heterocycles. The molecule has 0 spiro atoms. The van der Waals surface area contributed by atoms with E-state index in [1.54, 1.807) is 30.1 Å². The molecule has 1 unspecified atom stereocenters. The van der Waals surface area contributed by atoms with E-state index in [9.17, 15) is 9.18 Å². The fourth-order valence-corrected chi connectivity index (χ4v) is 2.33. The van der Waals surface area contributed by atoms with Crippen molar-refractivity contribution in [3.8, 4) is 5.75 Å². The molecular formula is C16H23FN2O3. The van der Waals surface area contributed by atoms with E-state index in [-0.39, 0.29) is 24.4 Å². The van der Waals surface area contributed by atoms with E-state index >= 15 is 0 Å². The van der Waals surface area contributed by atoms with E-state index in [1.165, 1.54) is 6.07 Å². The molecule has 0 radical (unpaired) electrons. The van der Waals surface area contributed by atoms with E-state index in [0.717, 1.165) is 13.1 Å². The standard InChI is InChI=1S/C16H23FN2O3/c1-13-11-19(8-10-21-13)12-16(20)18(2)7-9-22-15-6-4-3-5-14(15)17/h3-6,13H,7-12H2,1-2H3. The van der Waals surface area contributed by atoms with Gasteiger partial charge in [0.2, 0.25) is 5.91 Å². The maximum absolute atomic E-state index is 13.4. The van der Waals surface area contributed by atoms with Crippen molar-refractivity contribution in [3.05, 3.63) is 30.1 Å². The second kappa shape index (κ2) is 8.10. The van der Waals surface area contributed by atoms with Gasteiger partial charge >= 0.3 is 0 Å². The fourth-order valence-electron chi connectivity index (χ4n) is 2.33. The molecule has 0 N–H and O–H groups in total. The summed E-state index contributed by atoms with van der Waals surface area (Å²) in [5.74, 6) is -0.143. The van der Waals surface area contributed by atoms with Gasteiger partial charge in [0.25, 0.3) is 0 Å². The predicted molar refractivity (Wildman–Crippen MR) is 81.4 cm³/mol. The van der Waals surface area contributed by atoms with Crippen LogP contribution in [0.2, 0.25) is 0 Å². The number of amides is 1. The van der Waals surface area contributed by atoms with Crippen LogP contribution >= 0.6 is 0 Å². The highest BCUT2D eigenvalue weighted by Gasteiger charge is 2.20. The van der Waals surface area contributed by atoms with Gasteiger partial charge in [-0.2, -0.15) is 0 Å². The zero-order valence-corrected chi connectivity index (χ0v) is 13.1. The molecule has 1 aromatic rings. The highest BCUT2D eigenvalue weighted by atomic mass is 19.1. The number of hydrogen-bond acceptors (Lipinski definition) is 4. The van der Waals surface area contributed by atoms with Gasteiger partial charge in [0.15, 0.2) is 11.6 Å². The molecule has 1 atom stereocenters. The van der Waals surface area contributed by atoms with Crippen molar-refractivity contribution in [1.82, 2.24) is 9.80 Å². The van der Waals surface area contributed by atoms with E-state index in [0.29, 0.717) is 19.7 Å². The van der Waals surface area contributed by atoms with Gasteiger partial charge < -0.3 is 14.4 Å². The molecule has 1 amide bonds. The minimum Gasteiger partial charge on any atom is -0.489 e. The van der Waals surface area contributed by atoms with Gasteiger partial charge in [0, 0.05) is 20.1 Å². The summed E-state index contributed by atoms with van der Waals surface area (Å²) in [6.07, 6.45) is 0.163. The minimum atomic E-state index is -0.390. The van der Waals surface area contributed by atoms with Crippen molar-refractivity contribution < 1.29 is 18.7 Å². The van der Waals surface area contributed by atoms with E-state index in [4.69, 9.17) is 9.47 Å². The Morgan fingerprint density at radius 3 is 3.00 bits per heavy atom. The lowest BCUT2D eigenvalue weighted by molar-refractivity contribution is -0.133. The monoisotopic (exact) mass is 310 g/mol. The normalized spacial score (nSPS) is 19.0. The Bertz CT molecular complexity index is 498. The van der Waals surface area contributed by atoms with Crippen LogP contribution < -0.4 is 4.74 Å². The Kier molecular flexibility index (Phi) is 6.15. The molecule has 6 heteroatoms. The summed E-state index contributed by atoms with van der Waals surface area (Å²) in [5.41, 5.74) is 0. The maximum Gasteiger partial charge on any atom is 0.236 e. The summed E-state index contributed by atoms with van der Waals surface area (Å²) in [7, 11) is 1.73. The van der Waals surface area contributed by atoms with Crippen LogP contribution in [0.3, 0.4) is 0 Å². The first-order chi connectivity index (χ1) is 10.6. The lowest BCUT2D eigenvalue weighted by atomic mass is 10.3. The summed E-state index contributed by atoms with van der Waals surface area (Å²) in [6, 6.07) is 6.25. The summed E-state index contributed by atoms with van der Waals surface area (Å²) < 4.78 is 24.2. The number of benzene rings is 1. The van der Waals surface area contributed by atoms with Crippen LogP contribution in [-0.2, 0) is 9.53 Å². The smallest absolute Gasteiger partial charge is 0.236 e.